The quantitative estimate of drug-likeness (QED) is 0.507. The summed E-state index contributed by atoms with van der Waals surface area (Å²) in [5.41, 5.74) is 1.46. The molecular formula is C22H23N3O2S. The Balaban J connectivity index is 1.61. The molecule has 2 aromatic carbocycles. The number of carbonyl (C=O) groups is 1. The van der Waals surface area contributed by atoms with Crippen molar-refractivity contribution in [2.24, 2.45) is 0 Å². The van der Waals surface area contributed by atoms with Gasteiger partial charge in [-0.25, -0.2) is 4.98 Å². The number of benzene rings is 2. The van der Waals surface area contributed by atoms with Crippen molar-refractivity contribution >= 4 is 34.3 Å². The molecule has 1 aromatic heterocycles. The van der Waals surface area contributed by atoms with Crippen LogP contribution in [0.4, 0.5) is 5.69 Å². The SMILES string of the molecule is O=C(CSc1nc2ccccc2c(=O)n1C1CCCCC1)Nc1ccccc1. The van der Waals surface area contributed by atoms with E-state index in [1.54, 1.807) is 0 Å². The van der Waals surface area contributed by atoms with Gasteiger partial charge in [0.05, 0.1) is 16.7 Å². The van der Waals surface area contributed by atoms with Gasteiger partial charge in [-0.05, 0) is 37.1 Å². The highest BCUT2D eigenvalue weighted by Crippen LogP contribution is 2.31. The second-order valence-corrected chi connectivity index (χ2v) is 8.02. The van der Waals surface area contributed by atoms with Crippen molar-refractivity contribution in [3.8, 4) is 0 Å². The molecule has 1 aliphatic rings. The fourth-order valence-corrected chi connectivity index (χ4v) is 4.60. The van der Waals surface area contributed by atoms with Crippen LogP contribution < -0.4 is 10.9 Å². The zero-order chi connectivity index (χ0) is 19.3. The minimum atomic E-state index is -0.103. The molecule has 5 nitrogen and oxygen atoms in total. The molecule has 0 radical (unpaired) electrons. The number of hydrogen-bond donors (Lipinski definition) is 1. The van der Waals surface area contributed by atoms with E-state index in [-0.39, 0.29) is 23.3 Å². The summed E-state index contributed by atoms with van der Waals surface area (Å²) in [7, 11) is 0. The van der Waals surface area contributed by atoms with E-state index in [0.717, 1.165) is 31.4 Å². The fraction of sp³-hybridized carbons (Fsp3) is 0.318. The standard InChI is InChI=1S/C22H23N3O2S/c26-20(23-16-9-3-1-4-10-16)15-28-22-24-19-14-8-7-13-18(19)21(27)25(22)17-11-5-2-6-12-17/h1,3-4,7-10,13-14,17H,2,5-6,11-12,15H2,(H,23,26). The van der Waals surface area contributed by atoms with Crippen LogP contribution in [0.5, 0.6) is 0 Å². The summed E-state index contributed by atoms with van der Waals surface area (Å²) >= 11 is 1.34. The number of fused-ring (bicyclic) bond motifs is 1. The molecule has 0 atom stereocenters. The second-order valence-electron chi connectivity index (χ2n) is 7.08. The normalized spacial score (nSPS) is 14.9. The van der Waals surface area contributed by atoms with Crippen molar-refractivity contribution in [3.63, 3.8) is 0 Å². The molecule has 1 saturated carbocycles. The molecule has 0 saturated heterocycles. The molecule has 28 heavy (non-hydrogen) atoms. The van der Waals surface area contributed by atoms with Crippen molar-refractivity contribution in [1.82, 2.24) is 9.55 Å². The van der Waals surface area contributed by atoms with Gasteiger partial charge in [-0.2, -0.15) is 0 Å². The molecule has 0 aliphatic heterocycles. The summed E-state index contributed by atoms with van der Waals surface area (Å²) in [4.78, 5) is 30.3. The number of para-hydroxylation sites is 2. The van der Waals surface area contributed by atoms with Crippen molar-refractivity contribution in [3.05, 3.63) is 65.0 Å². The number of carbonyl (C=O) groups excluding carboxylic acids is 1. The first kappa shape index (κ1) is 18.7. The van der Waals surface area contributed by atoms with E-state index in [0.29, 0.717) is 16.1 Å². The Morgan fingerprint density at radius 2 is 1.75 bits per heavy atom. The van der Waals surface area contributed by atoms with Gasteiger partial charge in [0.1, 0.15) is 0 Å². The maximum atomic E-state index is 13.2. The number of amides is 1. The lowest BCUT2D eigenvalue weighted by molar-refractivity contribution is -0.113. The summed E-state index contributed by atoms with van der Waals surface area (Å²) in [6, 6.07) is 17.0. The molecule has 1 aliphatic carbocycles. The minimum Gasteiger partial charge on any atom is -0.325 e. The van der Waals surface area contributed by atoms with Crippen molar-refractivity contribution < 1.29 is 4.79 Å². The molecular weight excluding hydrogens is 370 g/mol. The van der Waals surface area contributed by atoms with Gasteiger partial charge in [0, 0.05) is 11.7 Å². The van der Waals surface area contributed by atoms with Crippen molar-refractivity contribution in [2.45, 2.75) is 43.3 Å². The zero-order valence-corrected chi connectivity index (χ0v) is 16.5. The van der Waals surface area contributed by atoms with Gasteiger partial charge in [-0.1, -0.05) is 61.4 Å². The first-order valence-corrected chi connectivity index (χ1v) is 10.7. The van der Waals surface area contributed by atoms with Crippen LogP contribution in [-0.2, 0) is 4.79 Å². The van der Waals surface area contributed by atoms with E-state index in [4.69, 9.17) is 4.98 Å². The monoisotopic (exact) mass is 393 g/mol. The summed E-state index contributed by atoms with van der Waals surface area (Å²) < 4.78 is 1.84. The van der Waals surface area contributed by atoms with Crippen LogP contribution in [0.15, 0.2) is 64.5 Å². The Morgan fingerprint density at radius 3 is 2.54 bits per heavy atom. The third-order valence-corrected chi connectivity index (χ3v) is 6.06. The third kappa shape index (κ3) is 4.12. The van der Waals surface area contributed by atoms with Crippen LogP contribution in [0.1, 0.15) is 38.1 Å². The fourth-order valence-electron chi connectivity index (χ4n) is 3.74. The lowest BCUT2D eigenvalue weighted by Crippen LogP contribution is -2.29. The van der Waals surface area contributed by atoms with E-state index in [1.807, 2.05) is 59.2 Å². The number of thioether (sulfide) groups is 1. The topological polar surface area (TPSA) is 64.0 Å². The Bertz CT molecular complexity index is 1030. The molecule has 144 valence electrons. The van der Waals surface area contributed by atoms with Crippen LogP contribution in [0.3, 0.4) is 0 Å². The minimum absolute atomic E-state index is 0.00321. The maximum absolute atomic E-state index is 13.2. The molecule has 1 N–H and O–H groups in total. The number of aromatic nitrogens is 2. The lowest BCUT2D eigenvalue weighted by Gasteiger charge is -2.26. The van der Waals surface area contributed by atoms with E-state index in [9.17, 15) is 9.59 Å². The van der Waals surface area contributed by atoms with Gasteiger partial charge in [0.2, 0.25) is 5.91 Å². The highest BCUT2D eigenvalue weighted by atomic mass is 32.2. The predicted octanol–water partition coefficient (Wildman–Crippen LogP) is 4.63. The molecule has 0 bridgehead atoms. The van der Waals surface area contributed by atoms with Gasteiger partial charge >= 0.3 is 0 Å². The molecule has 0 unspecified atom stereocenters. The zero-order valence-electron chi connectivity index (χ0n) is 15.6. The van der Waals surface area contributed by atoms with Crippen molar-refractivity contribution in [1.29, 1.82) is 0 Å². The van der Waals surface area contributed by atoms with Gasteiger partial charge in [0.25, 0.3) is 5.56 Å². The summed E-state index contributed by atoms with van der Waals surface area (Å²) in [6.07, 6.45) is 5.45. The number of rotatable bonds is 5. The Morgan fingerprint density at radius 1 is 1.04 bits per heavy atom. The van der Waals surface area contributed by atoms with Crippen LogP contribution >= 0.6 is 11.8 Å². The molecule has 3 aromatic rings. The number of hydrogen-bond acceptors (Lipinski definition) is 4. The van der Waals surface area contributed by atoms with Gasteiger partial charge < -0.3 is 5.32 Å². The average Bonchev–Trinajstić information content (AvgIpc) is 2.74. The Kier molecular flexibility index (Phi) is 5.76. The summed E-state index contributed by atoms with van der Waals surface area (Å²) in [6.45, 7) is 0. The summed E-state index contributed by atoms with van der Waals surface area (Å²) in [5.74, 6) is 0.112. The number of nitrogens with one attached hydrogen (secondary N) is 1. The second kappa shape index (κ2) is 8.61. The van der Waals surface area contributed by atoms with Crippen LogP contribution in [0.2, 0.25) is 0 Å². The van der Waals surface area contributed by atoms with E-state index in [1.165, 1.54) is 18.2 Å². The van der Waals surface area contributed by atoms with Gasteiger partial charge in [-0.3, -0.25) is 14.2 Å². The number of nitrogens with zero attached hydrogens (tertiary/aromatic N) is 2. The predicted molar refractivity (Wildman–Crippen MR) is 114 cm³/mol. The molecule has 6 heteroatoms. The largest absolute Gasteiger partial charge is 0.325 e. The first-order chi connectivity index (χ1) is 13.7. The lowest BCUT2D eigenvalue weighted by atomic mass is 9.95. The first-order valence-electron chi connectivity index (χ1n) is 9.71. The van der Waals surface area contributed by atoms with Crippen LogP contribution in [-0.4, -0.2) is 21.2 Å². The molecule has 4 rings (SSSR count). The average molecular weight is 394 g/mol. The van der Waals surface area contributed by atoms with E-state index in [2.05, 4.69) is 5.32 Å². The summed E-state index contributed by atoms with van der Waals surface area (Å²) in [5, 5.41) is 4.17. The van der Waals surface area contributed by atoms with Crippen molar-refractivity contribution in [2.75, 3.05) is 11.1 Å². The highest BCUT2D eigenvalue weighted by Gasteiger charge is 2.22. The third-order valence-electron chi connectivity index (χ3n) is 5.11. The number of anilines is 1. The van der Waals surface area contributed by atoms with Gasteiger partial charge in [0.15, 0.2) is 5.16 Å². The molecule has 1 heterocycles. The molecule has 1 fully saturated rings. The Labute approximate surface area is 168 Å². The van der Waals surface area contributed by atoms with Gasteiger partial charge in [-0.15, -0.1) is 0 Å². The van der Waals surface area contributed by atoms with Crippen LogP contribution in [0.25, 0.3) is 10.9 Å². The molecule has 1 amide bonds. The molecule has 0 spiro atoms. The smallest absolute Gasteiger partial charge is 0.262 e. The maximum Gasteiger partial charge on any atom is 0.262 e. The van der Waals surface area contributed by atoms with E-state index >= 15 is 0 Å². The van der Waals surface area contributed by atoms with Crippen LogP contribution in [0, 0.1) is 0 Å². The highest BCUT2D eigenvalue weighted by molar-refractivity contribution is 7.99. The Hall–Kier alpha value is -2.60. The van der Waals surface area contributed by atoms with E-state index < -0.39 is 0 Å².